The van der Waals surface area contributed by atoms with E-state index in [1.54, 1.807) is 0 Å². The number of anilines is 1. The Balaban J connectivity index is 1.58. The van der Waals surface area contributed by atoms with Gasteiger partial charge in [0.05, 0.1) is 11.6 Å². The normalized spacial score (nSPS) is 17.1. The van der Waals surface area contributed by atoms with Crippen LogP contribution in [-0.4, -0.2) is 22.6 Å². The first-order valence-corrected chi connectivity index (χ1v) is 8.65. The lowest BCUT2D eigenvalue weighted by molar-refractivity contribution is -0.117. The first-order valence-electron chi connectivity index (χ1n) is 7.86. The monoisotopic (exact) mass is 419 g/mol. The Morgan fingerprint density at radius 3 is 2.81 bits per heavy atom. The lowest BCUT2D eigenvalue weighted by Gasteiger charge is -2.16. The van der Waals surface area contributed by atoms with Gasteiger partial charge in [-0.25, -0.2) is 8.78 Å². The minimum atomic E-state index is -0.778. The molecule has 1 aliphatic heterocycles. The molecule has 1 fully saturated rings. The molecular weight excluding hydrogens is 408 g/mol. The predicted molar refractivity (Wildman–Crippen MR) is 93.5 cm³/mol. The highest BCUT2D eigenvalue weighted by Gasteiger charge is 2.36. The molecule has 1 aromatic heterocycles. The summed E-state index contributed by atoms with van der Waals surface area (Å²) in [6.45, 7) is 0.196. The maximum atomic E-state index is 14.0. The van der Waals surface area contributed by atoms with Crippen molar-refractivity contribution >= 4 is 27.5 Å². The number of carbonyl (C=O) groups excluding carboxylic acids is 1. The van der Waals surface area contributed by atoms with Gasteiger partial charge in [-0.15, -0.1) is 0 Å². The molecule has 132 valence electrons. The number of amides is 1. The topological polar surface area (TPSA) is 59.2 Å². The van der Waals surface area contributed by atoms with E-state index in [1.807, 2.05) is 24.3 Å². The molecule has 5 nitrogen and oxygen atoms in total. The summed E-state index contributed by atoms with van der Waals surface area (Å²) in [5.41, 5.74) is 0.825. The molecule has 0 N–H and O–H groups in total. The number of halogens is 3. The standard InChI is InChI=1S/C18H12BrF2N3O2/c19-12-3-1-2-10(6-12)17-22-18(26-23-17)11-7-16(25)24(9-11)15-5-4-13(20)8-14(15)21/h1-6,8,11H,7,9H2. The van der Waals surface area contributed by atoms with E-state index in [9.17, 15) is 13.6 Å². The second kappa shape index (κ2) is 6.60. The molecule has 1 saturated heterocycles. The van der Waals surface area contributed by atoms with Crippen LogP contribution in [0.5, 0.6) is 0 Å². The summed E-state index contributed by atoms with van der Waals surface area (Å²) >= 11 is 3.39. The van der Waals surface area contributed by atoms with Gasteiger partial charge < -0.3 is 9.42 Å². The predicted octanol–water partition coefficient (Wildman–Crippen LogP) is 4.30. The van der Waals surface area contributed by atoms with Crippen LogP contribution in [0.1, 0.15) is 18.2 Å². The van der Waals surface area contributed by atoms with Crippen molar-refractivity contribution in [2.24, 2.45) is 0 Å². The summed E-state index contributed by atoms with van der Waals surface area (Å²) in [7, 11) is 0. The third-order valence-electron chi connectivity index (χ3n) is 4.20. The molecule has 1 atom stereocenters. The quantitative estimate of drug-likeness (QED) is 0.634. The summed E-state index contributed by atoms with van der Waals surface area (Å²) in [4.78, 5) is 17.9. The Hall–Kier alpha value is -2.61. The molecule has 0 bridgehead atoms. The Kier molecular flexibility index (Phi) is 4.28. The van der Waals surface area contributed by atoms with Crippen molar-refractivity contribution in [3.63, 3.8) is 0 Å². The fourth-order valence-corrected chi connectivity index (χ4v) is 3.35. The van der Waals surface area contributed by atoms with Crippen LogP contribution in [0, 0.1) is 11.6 Å². The first-order chi connectivity index (χ1) is 12.5. The van der Waals surface area contributed by atoms with Gasteiger partial charge in [-0.1, -0.05) is 33.2 Å². The van der Waals surface area contributed by atoms with Crippen molar-refractivity contribution in [2.75, 3.05) is 11.4 Å². The second-order valence-corrected chi connectivity index (χ2v) is 6.88. The SMILES string of the molecule is O=C1CC(c2nc(-c3cccc(Br)c3)no2)CN1c1ccc(F)cc1F. The van der Waals surface area contributed by atoms with Crippen LogP contribution in [0.3, 0.4) is 0 Å². The van der Waals surface area contributed by atoms with Crippen molar-refractivity contribution in [1.82, 2.24) is 10.1 Å². The first kappa shape index (κ1) is 16.8. The van der Waals surface area contributed by atoms with Gasteiger partial charge in [-0.3, -0.25) is 4.79 Å². The van der Waals surface area contributed by atoms with E-state index < -0.39 is 11.6 Å². The zero-order valence-electron chi connectivity index (χ0n) is 13.3. The van der Waals surface area contributed by atoms with E-state index in [-0.39, 0.29) is 30.5 Å². The number of rotatable bonds is 3. The van der Waals surface area contributed by atoms with Gasteiger partial charge in [-0.2, -0.15) is 4.98 Å². The molecule has 2 heterocycles. The number of aromatic nitrogens is 2. The van der Waals surface area contributed by atoms with Crippen molar-refractivity contribution < 1.29 is 18.1 Å². The van der Waals surface area contributed by atoms with E-state index >= 15 is 0 Å². The third-order valence-corrected chi connectivity index (χ3v) is 4.69. The molecule has 0 radical (unpaired) electrons. The van der Waals surface area contributed by atoms with Crippen molar-refractivity contribution in [3.05, 3.63) is 64.5 Å². The third kappa shape index (κ3) is 3.12. The minimum absolute atomic E-state index is 0.0469. The van der Waals surface area contributed by atoms with Crippen LogP contribution in [0.15, 0.2) is 51.5 Å². The largest absolute Gasteiger partial charge is 0.339 e. The molecule has 8 heteroatoms. The van der Waals surface area contributed by atoms with Crippen molar-refractivity contribution in [3.8, 4) is 11.4 Å². The zero-order valence-corrected chi connectivity index (χ0v) is 14.9. The van der Waals surface area contributed by atoms with Crippen molar-refractivity contribution in [1.29, 1.82) is 0 Å². The van der Waals surface area contributed by atoms with Gasteiger partial charge in [0.2, 0.25) is 17.6 Å². The summed E-state index contributed by atoms with van der Waals surface area (Å²) in [5, 5.41) is 3.96. The number of hydrogen-bond acceptors (Lipinski definition) is 4. The lowest BCUT2D eigenvalue weighted by Crippen LogP contribution is -2.25. The van der Waals surface area contributed by atoms with E-state index in [1.165, 1.54) is 11.0 Å². The molecule has 4 rings (SSSR count). The fraction of sp³-hybridized carbons (Fsp3) is 0.167. The molecule has 1 amide bonds. The molecule has 26 heavy (non-hydrogen) atoms. The Labute approximate surface area is 155 Å². The molecule has 1 aliphatic rings. The minimum Gasteiger partial charge on any atom is -0.339 e. The average molecular weight is 420 g/mol. The number of carbonyl (C=O) groups is 1. The van der Waals surface area contributed by atoms with Gasteiger partial charge in [0.1, 0.15) is 11.6 Å². The molecular formula is C18H12BrF2N3O2. The van der Waals surface area contributed by atoms with E-state index in [0.29, 0.717) is 11.7 Å². The van der Waals surface area contributed by atoms with Gasteiger partial charge in [0.15, 0.2) is 0 Å². The van der Waals surface area contributed by atoms with Crippen LogP contribution >= 0.6 is 15.9 Å². The van der Waals surface area contributed by atoms with E-state index in [4.69, 9.17) is 4.52 Å². The van der Waals surface area contributed by atoms with Gasteiger partial charge in [0.25, 0.3) is 0 Å². The Morgan fingerprint density at radius 2 is 2.04 bits per heavy atom. The van der Waals surface area contributed by atoms with E-state index in [0.717, 1.165) is 22.2 Å². The van der Waals surface area contributed by atoms with Crippen molar-refractivity contribution in [2.45, 2.75) is 12.3 Å². The zero-order chi connectivity index (χ0) is 18.3. The summed E-state index contributed by atoms with van der Waals surface area (Å²) < 4.78 is 33.3. The maximum Gasteiger partial charge on any atom is 0.232 e. The Morgan fingerprint density at radius 1 is 1.19 bits per heavy atom. The highest BCUT2D eigenvalue weighted by Crippen LogP contribution is 2.33. The fourth-order valence-electron chi connectivity index (χ4n) is 2.95. The number of hydrogen-bond donors (Lipinski definition) is 0. The Bertz CT molecular complexity index is 992. The lowest BCUT2D eigenvalue weighted by atomic mass is 10.1. The highest BCUT2D eigenvalue weighted by molar-refractivity contribution is 9.10. The summed E-state index contributed by atoms with van der Waals surface area (Å²) in [6.07, 6.45) is 0.122. The maximum absolute atomic E-state index is 14.0. The molecule has 2 aromatic carbocycles. The number of benzene rings is 2. The summed E-state index contributed by atoms with van der Waals surface area (Å²) in [6, 6.07) is 10.6. The second-order valence-electron chi connectivity index (χ2n) is 5.97. The highest BCUT2D eigenvalue weighted by atomic mass is 79.9. The summed E-state index contributed by atoms with van der Waals surface area (Å²) in [5.74, 6) is -1.36. The smallest absolute Gasteiger partial charge is 0.232 e. The molecule has 0 saturated carbocycles. The molecule has 0 aliphatic carbocycles. The van der Waals surface area contributed by atoms with Crippen LogP contribution in [-0.2, 0) is 4.79 Å². The van der Waals surface area contributed by atoms with Crippen LogP contribution in [0.4, 0.5) is 14.5 Å². The molecule has 1 unspecified atom stereocenters. The molecule has 0 spiro atoms. The molecule has 3 aromatic rings. The van der Waals surface area contributed by atoms with Gasteiger partial charge >= 0.3 is 0 Å². The average Bonchev–Trinajstić information content (AvgIpc) is 3.22. The van der Waals surface area contributed by atoms with Crippen LogP contribution < -0.4 is 4.90 Å². The van der Waals surface area contributed by atoms with E-state index in [2.05, 4.69) is 26.1 Å². The van der Waals surface area contributed by atoms with Crippen LogP contribution in [0.2, 0.25) is 0 Å². The van der Waals surface area contributed by atoms with Gasteiger partial charge in [0, 0.05) is 29.1 Å². The number of nitrogens with zero attached hydrogens (tertiary/aromatic N) is 3. The van der Waals surface area contributed by atoms with Gasteiger partial charge in [-0.05, 0) is 24.3 Å². The van der Waals surface area contributed by atoms with Crippen LogP contribution in [0.25, 0.3) is 11.4 Å².